The normalized spacial score (nSPS) is 22.3. The minimum absolute atomic E-state index is 0.504. The van der Waals surface area contributed by atoms with Gasteiger partial charge < -0.3 is 15.2 Å². The number of hydrogen-bond donors (Lipinski definition) is 2. The Bertz CT molecular complexity index is 572. The van der Waals surface area contributed by atoms with Crippen LogP contribution in [0.2, 0.25) is 0 Å². The van der Waals surface area contributed by atoms with Gasteiger partial charge in [-0.25, -0.2) is 9.97 Å². The third-order valence-electron chi connectivity index (χ3n) is 4.17. The van der Waals surface area contributed by atoms with Crippen molar-refractivity contribution in [3.63, 3.8) is 0 Å². The van der Waals surface area contributed by atoms with Crippen molar-refractivity contribution in [2.45, 2.75) is 12.8 Å². The topological polar surface area (TPSA) is 56.8 Å². The standard InChI is InChI=1S/C13H17N5/c1-4-15-11-10(1)12(17-9-16-11)18-6-5-14-7-13(8-18)2-3-13/h1,4,9,14H,2-3,5-8H2,(H,15,16,17). The first kappa shape index (κ1) is 10.3. The molecule has 2 aromatic heterocycles. The van der Waals surface area contributed by atoms with E-state index < -0.39 is 0 Å². The molecule has 3 heterocycles. The van der Waals surface area contributed by atoms with Crippen LogP contribution in [0.15, 0.2) is 18.6 Å². The van der Waals surface area contributed by atoms with E-state index >= 15 is 0 Å². The van der Waals surface area contributed by atoms with Gasteiger partial charge in [0.2, 0.25) is 0 Å². The minimum atomic E-state index is 0.504. The van der Waals surface area contributed by atoms with E-state index in [9.17, 15) is 0 Å². The van der Waals surface area contributed by atoms with Crippen molar-refractivity contribution in [1.29, 1.82) is 0 Å². The average Bonchev–Trinajstić information content (AvgIpc) is 3.05. The van der Waals surface area contributed by atoms with E-state index in [1.807, 2.05) is 6.20 Å². The summed E-state index contributed by atoms with van der Waals surface area (Å²) in [7, 11) is 0. The van der Waals surface area contributed by atoms with E-state index in [0.717, 1.165) is 43.0 Å². The van der Waals surface area contributed by atoms with Gasteiger partial charge in [-0.05, 0) is 18.9 Å². The van der Waals surface area contributed by atoms with E-state index in [1.165, 1.54) is 12.8 Å². The van der Waals surface area contributed by atoms with E-state index in [4.69, 9.17) is 0 Å². The first-order valence-electron chi connectivity index (χ1n) is 6.60. The van der Waals surface area contributed by atoms with Crippen LogP contribution in [-0.2, 0) is 0 Å². The maximum atomic E-state index is 4.50. The van der Waals surface area contributed by atoms with E-state index in [0.29, 0.717) is 5.41 Å². The Morgan fingerprint density at radius 1 is 1.28 bits per heavy atom. The zero-order chi connectivity index (χ0) is 12.0. The molecule has 0 atom stereocenters. The molecule has 0 unspecified atom stereocenters. The van der Waals surface area contributed by atoms with Crippen LogP contribution in [0.1, 0.15) is 12.8 Å². The molecular formula is C13H17N5. The second kappa shape index (κ2) is 3.68. The number of fused-ring (bicyclic) bond motifs is 1. The van der Waals surface area contributed by atoms with Gasteiger partial charge >= 0.3 is 0 Å². The monoisotopic (exact) mass is 243 g/mol. The Kier molecular flexibility index (Phi) is 2.11. The fraction of sp³-hybridized carbons (Fsp3) is 0.538. The van der Waals surface area contributed by atoms with Crippen molar-refractivity contribution in [3.8, 4) is 0 Å². The number of rotatable bonds is 1. The quantitative estimate of drug-likeness (QED) is 0.789. The lowest BCUT2D eigenvalue weighted by molar-refractivity contribution is 0.500. The maximum absolute atomic E-state index is 4.50. The van der Waals surface area contributed by atoms with Crippen molar-refractivity contribution in [2.75, 3.05) is 31.1 Å². The fourth-order valence-electron chi connectivity index (χ4n) is 2.91. The molecule has 1 saturated carbocycles. The molecule has 0 amide bonds. The Morgan fingerprint density at radius 2 is 2.22 bits per heavy atom. The van der Waals surface area contributed by atoms with Crippen LogP contribution in [0.25, 0.3) is 11.0 Å². The van der Waals surface area contributed by atoms with E-state index in [-0.39, 0.29) is 0 Å². The number of aromatic amines is 1. The second-order valence-corrected chi connectivity index (χ2v) is 5.54. The Morgan fingerprint density at radius 3 is 3.11 bits per heavy atom. The van der Waals surface area contributed by atoms with Crippen LogP contribution in [0.5, 0.6) is 0 Å². The molecule has 2 aliphatic rings. The number of H-pyrrole nitrogens is 1. The lowest BCUT2D eigenvalue weighted by Crippen LogP contribution is -2.31. The predicted octanol–water partition coefficient (Wildman–Crippen LogP) is 1.15. The Balaban J connectivity index is 1.74. The van der Waals surface area contributed by atoms with E-state index in [1.54, 1.807) is 6.33 Å². The zero-order valence-corrected chi connectivity index (χ0v) is 10.3. The van der Waals surface area contributed by atoms with Gasteiger partial charge in [0.05, 0.1) is 5.39 Å². The van der Waals surface area contributed by atoms with Crippen molar-refractivity contribution in [3.05, 3.63) is 18.6 Å². The molecule has 2 aromatic rings. The summed E-state index contributed by atoms with van der Waals surface area (Å²) < 4.78 is 0. The molecule has 4 rings (SSSR count). The fourth-order valence-corrected chi connectivity index (χ4v) is 2.91. The predicted molar refractivity (Wildman–Crippen MR) is 70.6 cm³/mol. The third-order valence-corrected chi connectivity index (χ3v) is 4.17. The first-order valence-corrected chi connectivity index (χ1v) is 6.60. The highest BCUT2D eigenvalue weighted by atomic mass is 15.2. The summed E-state index contributed by atoms with van der Waals surface area (Å²) in [6.07, 6.45) is 6.29. The van der Waals surface area contributed by atoms with Gasteiger partial charge in [0, 0.05) is 37.8 Å². The van der Waals surface area contributed by atoms with Crippen molar-refractivity contribution < 1.29 is 0 Å². The number of hydrogen-bond acceptors (Lipinski definition) is 4. The van der Waals surface area contributed by atoms with Crippen LogP contribution < -0.4 is 10.2 Å². The summed E-state index contributed by atoms with van der Waals surface area (Å²) in [5.74, 6) is 1.08. The summed E-state index contributed by atoms with van der Waals surface area (Å²) >= 11 is 0. The molecule has 0 bridgehead atoms. The van der Waals surface area contributed by atoms with Gasteiger partial charge in [-0.1, -0.05) is 0 Å². The molecule has 18 heavy (non-hydrogen) atoms. The molecule has 1 aliphatic carbocycles. The molecule has 5 heteroatoms. The van der Waals surface area contributed by atoms with Crippen LogP contribution in [0.4, 0.5) is 5.82 Å². The Labute approximate surface area is 106 Å². The van der Waals surface area contributed by atoms with Crippen molar-refractivity contribution in [2.24, 2.45) is 5.41 Å². The lowest BCUT2D eigenvalue weighted by atomic mass is 10.1. The number of nitrogens with one attached hydrogen (secondary N) is 2. The summed E-state index contributed by atoms with van der Waals surface area (Å²) in [6, 6.07) is 2.07. The summed E-state index contributed by atoms with van der Waals surface area (Å²) in [5.41, 5.74) is 1.44. The highest BCUT2D eigenvalue weighted by Crippen LogP contribution is 2.47. The summed E-state index contributed by atoms with van der Waals surface area (Å²) in [6.45, 7) is 4.35. The van der Waals surface area contributed by atoms with Crippen molar-refractivity contribution in [1.82, 2.24) is 20.3 Å². The minimum Gasteiger partial charge on any atom is -0.354 e. The first-order chi connectivity index (χ1) is 8.86. The maximum Gasteiger partial charge on any atom is 0.142 e. The number of nitrogens with zero attached hydrogens (tertiary/aromatic N) is 3. The van der Waals surface area contributed by atoms with Gasteiger partial charge in [-0.15, -0.1) is 0 Å². The molecular weight excluding hydrogens is 226 g/mol. The summed E-state index contributed by atoms with van der Waals surface area (Å²) in [5, 5.41) is 4.68. The lowest BCUT2D eigenvalue weighted by Gasteiger charge is -2.25. The van der Waals surface area contributed by atoms with Gasteiger partial charge in [-0.3, -0.25) is 0 Å². The molecule has 0 aromatic carbocycles. The number of aromatic nitrogens is 3. The number of anilines is 1. The van der Waals surface area contributed by atoms with Crippen LogP contribution in [0, 0.1) is 5.41 Å². The highest BCUT2D eigenvalue weighted by molar-refractivity contribution is 5.87. The van der Waals surface area contributed by atoms with Gasteiger partial charge in [0.25, 0.3) is 0 Å². The molecule has 0 radical (unpaired) electrons. The average molecular weight is 243 g/mol. The van der Waals surface area contributed by atoms with Crippen LogP contribution >= 0.6 is 0 Å². The van der Waals surface area contributed by atoms with Crippen LogP contribution in [-0.4, -0.2) is 41.1 Å². The zero-order valence-electron chi connectivity index (χ0n) is 10.3. The molecule has 2 fully saturated rings. The molecule has 1 aliphatic heterocycles. The molecule has 1 saturated heterocycles. The third kappa shape index (κ3) is 1.58. The van der Waals surface area contributed by atoms with Gasteiger partial charge in [-0.2, -0.15) is 0 Å². The molecule has 2 N–H and O–H groups in total. The largest absolute Gasteiger partial charge is 0.354 e. The SMILES string of the molecule is c1nc(N2CCNCC3(CC3)C2)c2cc[nH]c2n1. The smallest absolute Gasteiger partial charge is 0.142 e. The van der Waals surface area contributed by atoms with Crippen molar-refractivity contribution >= 4 is 16.9 Å². The molecule has 5 nitrogen and oxygen atoms in total. The highest BCUT2D eigenvalue weighted by Gasteiger charge is 2.44. The Hall–Kier alpha value is -1.62. The molecule has 94 valence electrons. The van der Waals surface area contributed by atoms with Crippen LogP contribution in [0.3, 0.4) is 0 Å². The second-order valence-electron chi connectivity index (χ2n) is 5.54. The summed E-state index contributed by atoms with van der Waals surface area (Å²) in [4.78, 5) is 14.3. The van der Waals surface area contributed by atoms with E-state index in [2.05, 4.69) is 31.2 Å². The molecule has 1 spiro atoms. The van der Waals surface area contributed by atoms with Gasteiger partial charge in [0.1, 0.15) is 17.8 Å². The van der Waals surface area contributed by atoms with Gasteiger partial charge in [0.15, 0.2) is 0 Å².